The van der Waals surface area contributed by atoms with E-state index in [0.29, 0.717) is 17.4 Å². The molecule has 0 bridgehead atoms. The largest absolute Gasteiger partial charge is 0.462 e. The van der Waals surface area contributed by atoms with Crippen LogP contribution in [0.3, 0.4) is 0 Å². The monoisotopic (exact) mass is 269 g/mol. The summed E-state index contributed by atoms with van der Waals surface area (Å²) >= 11 is 1.54. The number of unbranched alkanes of at least 4 members (excludes halogenated alkanes) is 1. The number of rotatable bonds is 8. The van der Waals surface area contributed by atoms with Crippen molar-refractivity contribution < 1.29 is 9.53 Å². The maximum absolute atomic E-state index is 11.7. The summed E-state index contributed by atoms with van der Waals surface area (Å²) in [6.07, 6.45) is 4.03. The van der Waals surface area contributed by atoms with Gasteiger partial charge in [-0.15, -0.1) is 11.3 Å². The van der Waals surface area contributed by atoms with Crippen LogP contribution in [0.25, 0.3) is 0 Å². The van der Waals surface area contributed by atoms with Crippen LogP contribution < -0.4 is 5.73 Å². The molecule has 0 spiro atoms. The number of aryl methyl sites for hydroxylation is 1. The fourth-order valence-corrected chi connectivity index (χ4v) is 2.43. The number of nitrogens with two attached hydrogens (primary N) is 1. The molecule has 1 atom stereocenters. The minimum absolute atomic E-state index is 0.188. The molecule has 102 valence electrons. The molecular formula is C14H23NO2S. The van der Waals surface area contributed by atoms with E-state index in [1.165, 1.54) is 16.2 Å². The molecule has 1 rings (SSSR count). The molecule has 2 N–H and O–H groups in total. The van der Waals surface area contributed by atoms with Crippen LogP contribution in [-0.2, 0) is 11.2 Å². The summed E-state index contributed by atoms with van der Waals surface area (Å²) in [4.78, 5) is 13.6. The molecule has 1 unspecified atom stereocenters. The third-order valence-electron chi connectivity index (χ3n) is 2.88. The summed E-state index contributed by atoms with van der Waals surface area (Å²) in [5, 5.41) is 0. The summed E-state index contributed by atoms with van der Waals surface area (Å²) in [6, 6.07) is 3.88. The highest BCUT2D eigenvalue weighted by molar-refractivity contribution is 7.13. The number of hydrogen-bond donors (Lipinski definition) is 1. The van der Waals surface area contributed by atoms with E-state index in [2.05, 4.69) is 13.8 Å². The first kappa shape index (κ1) is 15.2. The molecule has 0 aliphatic heterocycles. The topological polar surface area (TPSA) is 52.3 Å². The highest BCUT2D eigenvalue weighted by atomic mass is 32.1. The fourth-order valence-electron chi connectivity index (χ4n) is 1.51. The molecule has 0 aliphatic rings. The predicted molar refractivity (Wildman–Crippen MR) is 76.0 cm³/mol. The zero-order chi connectivity index (χ0) is 13.4. The van der Waals surface area contributed by atoms with Gasteiger partial charge in [0.05, 0.1) is 6.61 Å². The zero-order valence-corrected chi connectivity index (χ0v) is 12.1. The lowest BCUT2D eigenvalue weighted by Crippen LogP contribution is -2.10. The van der Waals surface area contributed by atoms with Crippen molar-refractivity contribution in [3.8, 4) is 0 Å². The molecule has 0 aliphatic carbocycles. The minimum Gasteiger partial charge on any atom is -0.462 e. The lowest BCUT2D eigenvalue weighted by Gasteiger charge is -2.05. The van der Waals surface area contributed by atoms with Crippen molar-refractivity contribution >= 4 is 17.3 Å². The Morgan fingerprint density at radius 3 is 2.94 bits per heavy atom. The summed E-state index contributed by atoms with van der Waals surface area (Å²) in [6.45, 7) is 5.47. The Hall–Kier alpha value is -0.870. The van der Waals surface area contributed by atoms with Gasteiger partial charge in [-0.3, -0.25) is 0 Å². The molecule has 4 heteroatoms. The van der Waals surface area contributed by atoms with Crippen LogP contribution in [0.15, 0.2) is 12.1 Å². The third-order valence-corrected chi connectivity index (χ3v) is 4.00. The normalized spacial score (nSPS) is 12.4. The zero-order valence-electron chi connectivity index (χ0n) is 11.3. The molecule has 1 aromatic heterocycles. The molecule has 0 radical (unpaired) electrons. The van der Waals surface area contributed by atoms with Crippen molar-refractivity contribution in [2.75, 3.05) is 13.2 Å². The van der Waals surface area contributed by atoms with Crippen LogP contribution in [0.1, 0.15) is 47.7 Å². The molecule has 0 amide bonds. The highest BCUT2D eigenvalue weighted by Crippen LogP contribution is 2.20. The average Bonchev–Trinajstić information content (AvgIpc) is 2.85. The van der Waals surface area contributed by atoms with Crippen LogP contribution >= 0.6 is 11.3 Å². The number of carbonyl (C=O) groups excluding carboxylic acids is 1. The summed E-state index contributed by atoms with van der Waals surface area (Å²) < 4.78 is 5.18. The first-order valence-corrected chi connectivity index (χ1v) is 7.45. The Kier molecular flexibility index (Phi) is 6.98. The van der Waals surface area contributed by atoms with Gasteiger partial charge in [0.1, 0.15) is 4.88 Å². The van der Waals surface area contributed by atoms with Crippen LogP contribution in [0.2, 0.25) is 0 Å². The van der Waals surface area contributed by atoms with Gasteiger partial charge in [0.25, 0.3) is 0 Å². The lowest BCUT2D eigenvalue weighted by molar-refractivity contribution is 0.0505. The molecule has 0 aromatic carbocycles. The van der Waals surface area contributed by atoms with Gasteiger partial charge in [-0.1, -0.05) is 20.3 Å². The maximum atomic E-state index is 11.7. The Labute approximate surface area is 113 Å². The standard InChI is InChI=1S/C14H23NO2S/c1-3-4-9-17-14(16)13-8-7-12(18-13)6-5-11(2)10-15/h7-8,11H,3-6,9-10,15H2,1-2H3. The number of ether oxygens (including phenoxy) is 1. The Morgan fingerprint density at radius 1 is 1.50 bits per heavy atom. The average molecular weight is 269 g/mol. The Morgan fingerprint density at radius 2 is 2.28 bits per heavy atom. The number of esters is 1. The molecule has 3 nitrogen and oxygen atoms in total. The molecule has 1 heterocycles. The minimum atomic E-state index is -0.188. The van der Waals surface area contributed by atoms with Crippen molar-refractivity contribution in [3.63, 3.8) is 0 Å². The molecule has 18 heavy (non-hydrogen) atoms. The Bertz CT molecular complexity index is 362. The van der Waals surface area contributed by atoms with Crippen LogP contribution in [-0.4, -0.2) is 19.1 Å². The van der Waals surface area contributed by atoms with Crippen LogP contribution in [0, 0.1) is 5.92 Å². The van der Waals surface area contributed by atoms with Crippen molar-refractivity contribution in [1.82, 2.24) is 0 Å². The SMILES string of the molecule is CCCCOC(=O)c1ccc(CCC(C)CN)s1. The number of thiophene rings is 1. The van der Waals surface area contributed by atoms with Crippen LogP contribution in [0.4, 0.5) is 0 Å². The van der Waals surface area contributed by atoms with Gasteiger partial charge in [0, 0.05) is 4.88 Å². The summed E-state index contributed by atoms with van der Waals surface area (Å²) in [5.41, 5.74) is 5.59. The van der Waals surface area contributed by atoms with Gasteiger partial charge in [0.15, 0.2) is 0 Å². The second kappa shape index (κ2) is 8.27. The summed E-state index contributed by atoms with van der Waals surface area (Å²) in [7, 11) is 0. The van der Waals surface area contributed by atoms with Gasteiger partial charge in [-0.05, 0) is 43.9 Å². The van der Waals surface area contributed by atoms with Crippen LogP contribution in [0.5, 0.6) is 0 Å². The van der Waals surface area contributed by atoms with Crippen molar-refractivity contribution in [3.05, 3.63) is 21.9 Å². The third kappa shape index (κ3) is 5.19. The van der Waals surface area contributed by atoms with Crippen molar-refractivity contribution in [1.29, 1.82) is 0 Å². The smallest absolute Gasteiger partial charge is 0.348 e. The number of carbonyl (C=O) groups is 1. The first-order valence-electron chi connectivity index (χ1n) is 6.63. The lowest BCUT2D eigenvalue weighted by atomic mass is 10.1. The predicted octanol–water partition coefficient (Wildman–Crippen LogP) is 3.23. The van der Waals surface area contributed by atoms with E-state index < -0.39 is 0 Å². The molecule has 1 aromatic rings. The van der Waals surface area contributed by atoms with Crippen molar-refractivity contribution in [2.45, 2.75) is 39.5 Å². The molecular weight excluding hydrogens is 246 g/mol. The number of hydrogen-bond acceptors (Lipinski definition) is 4. The Balaban J connectivity index is 2.39. The van der Waals surface area contributed by atoms with Gasteiger partial charge in [0.2, 0.25) is 0 Å². The second-order valence-corrected chi connectivity index (χ2v) is 5.80. The van der Waals surface area contributed by atoms with E-state index in [9.17, 15) is 4.79 Å². The van der Waals surface area contributed by atoms with E-state index in [0.717, 1.165) is 32.2 Å². The molecule has 0 saturated heterocycles. The van der Waals surface area contributed by atoms with E-state index in [4.69, 9.17) is 10.5 Å². The summed E-state index contributed by atoms with van der Waals surface area (Å²) in [5.74, 6) is 0.346. The van der Waals surface area contributed by atoms with E-state index in [-0.39, 0.29) is 5.97 Å². The molecule has 0 fully saturated rings. The highest BCUT2D eigenvalue weighted by Gasteiger charge is 2.10. The maximum Gasteiger partial charge on any atom is 0.348 e. The molecule has 0 saturated carbocycles. The van der Waals surface area contributed by atoms with Crippen molar-refractivity contribution in [2.24, 2.45) is 11.7 Å². The first-order chi connectivity index (χ1) is 8.67. The fraction of sp³-hybridized carbons (Fsp3) is 0.643. The van der Waals surface area contributed by atoms with E-state index in [1.54, 1.807) is 0 Å². The van der Waals surface area contributed by atoms with Gasteiger partial charge in [-0.2, -0.15) is 0 Å². The quantitative estimate of drug-likeness (QED) is 0.582. The van der Waals surface area contributed by atoms with Gasteiger partial charge >= 0.3 is 5.97 Å². The van der Waals surface area contributed by atoms with E-state index >= 15 is 0 Å². The van der Waals surface area contributed by atoms with Gasteiger partial charge < -0.3 is 10.5 Å². The second-order valence-electron chi connectivity index (χ2n) is 4.63. The van der Waals surface area contributed by atoms with E-state index in [1.807, 2.05) is 12.1 Å². The van der Waals surface area contributed by atoms with Gasteiger partial charge in [-0.25, -0.2) is 4.79 Å².